The van der Waals surface area contributed by atoms with Gasteiger partial charge in [-0.25, -0.2) is 4.79 Å². The minimum absolute atomic E-state index is 0.100. The van der Waals surface area contributed by atoms with E-state index in [1.165, 1.54) is 49.6 Å². The van der Waals surface area contributed by atoms with Gasteiger partial charge in [-0.15, -0.1) is 0 Å². The average Bonchev–Trinajstić information content (AvgIpc) is 3.45. The van der Waals surface area contributed by atoms with Crippen LogP contribution in [0.15, 0.2) is 70.9 Å². The molecular weight excluding hydrogens is 426 g/mol. The van der Waals surface area contributed by atoms with Crippen LogP contribution in [0.2, 0.25) is 0 Å². The molecule has 1 aromatic heterocycles. The number of hydrogen-bond acceptors (Lipinski definition) is 7. The Morgan fingerprint density at radius 2 is 1.73 bits per heavy atom. The average molecular weight is 447 g/mol. The first kappa shape index (κ1) is 21.9. The summed E-state index contributed by atoms with van der Waals surface area (Å²) in [6, 6.07) is 13.3. The van der Waals surface area contributed by atoms with Crippen LogP contribution in [0, 0.1) is 6.92 Å². The molecule has 2 heterocycles. The van der Waals surface area contributed by atoms with E-state index in [1.54, 1.807) is 37.3 Å². The molecule has 0 aliphatic carbocycles. The number of methoxy groups -OCH3 is 2. The zero-order valence-electron chi connectivity index (χ0n) is 18.2. The topological polar surface area (TPSA) is 106 Å². The highest BCUT2D eigenvalue weighted by atomic mass is 16.5. The van der Waals surface area contributed by atoms with Gasteiger partial charge >= 0.3 is 5.97 Å². The molecule has 1 fully saturated rings. The van der Waals surface area contributed by atoms with Gasteiger partial charge in [0.1, 0.15) is 23.3 Å². The number of Topliss-reactive ketones (excluding diaryl/α,β-unsaturated/α-hetero) is 1. The van der Waals surface area contributed by atoms with E-state index in [2.05, 4.69) is 0 Å². The van der Waals surface area contributed by atoms with Crippen LogP contribution in [-0.4, -0.2) is 37.0 Å². The molecular formula is C25H21NO7. The van der Waals surface area contributed by atoms with Crippen molar-refractivity contribution in [2.45, 2.75) is 13.0 Å². The number of aliphatic hydroxyl groups is 1. The van der Waals surface area contributed by atoms with E-state index >= 15 is 0 Å². The molecule has 8 nitrogen and oxygen atoms in total. The van der Waals surface area contributed by atoms with E-state index in [4.69, 9.17) is 13.9 Å². The molecule has 4 rings (SSSR count). The fraction of sp³-hybridized carbons (Fsp3) is 0.160. The Labute approximate surface area is 189 Å². The summed E-state index contributed by atoms with van der Waals surface area (Å²) in [4.78, 5) is 39.2. The van der Waals surface area contributed by atoms with Gasteiger partial charge in [-0.1, -0.05) is 0 Å². The van der Waals surface area contributed by atoms with Crippen molar-refractivity contribution in [1.29, 1.82) is 0 Å². The van der Waals surface area contributed by atoms with Gasteiger partial charge < -0.3 is 19.0 Å². The summed E-state index contributed by atoms with van der Waals surface area (Å²) >= 11 is 0. The van der Waals surface area contributed by atoms with Crippen molar-refractivity contribution in [3.05, 3.63) is 88.9 Å². The van der Waals surface area contributed by atoms with E-state index in [0.29, 0.717) is 28.3 Å². The molecule has 0 saturated carbocycles. The summed E-state index contributed by atoms with van der Waals surface area (Å²) in [6.07, 6.45) is 1.42. The normalized spacial score (nSPS) is 17.3. The van der Waals surface area contributed by atoms with Gasteiger partial charge in [0.05, 0.1) is 31.6 Å². The maximum atomic E-state index is 13.1. The summed E-state index contributed by atoms with van der Waals surface area (Å²) in [5.41, 5.74) is 1.67. The van der Waals surface area contributed by atoms with Crippen LogP contribution < -0.4 is 9.64 Å². The van der Waals surface area contributed by atoms with E-state index in [1.807, 2.05) is 0 Å². The Morgan fingerprint density at radius 3 is 2.30 bits per heavy atom. The molecule has 168 valence electrons. The van der Waals surface area contributed by atoms with Crippen molar-refractivity contribution < 1.29 is 33.4 Å². The number of aliphatic hydroxyl groups excluding tert-OH is 1. The lowest BCUT2D eigenvalue weighted by Gasteiger charge is -2.23. The molecule has 1 N–H and O–H groups in total. The number of hydrogen-bond donors (Lipinski definition) is 1. The number of carbonyl (C=O) groups excluding carboxylic acids is 3. The summed E-state index contributed by atoms with van der Waals surface area (Å²) in [6.45, 7) is 1.81. The molecule has 1 saturated heterocycles. The third-order valence-corrected chi connectivity index (χ3v) is 5.49. The minimum Gasteiger partial charge on any atom is -0.507 e. The molecule has 33 heavy (non-hydrogen) atoms. The van der Waals surface area contributed by atoms with Crippen LogP contribution in [0.5, 0.6) is 5.75 Å². The second-order valence-electron chi connectivity index (χ2n) is 7.41. The Kier molecular flexibility index (Phi) is 5.74. The van der Waals surface area contributed by atoms with Crippen molar-refractivity contribution in [1.82, 2.24) is 0 Å². The number of nitrogens with zero attached hydrogens (tertiary/aromatic N) is 1. The molecule has 8 heteroatoms. The van der Waals surface area contributed by atoms with Crippen LogP contribution in [0.1, 0.15) is 33.3 Å². The molecule has 2 aromatic carbocycles. The maximum Gasteiger partial charge on any atom is 0.337 e. The molecule has 1 aliphatic rings. The van der Waals surface area contributed by atoms with Crippen LogP contribution in [0.25, 0.3) is 5.76 Å². The number of carbonyl (C=O) groups is 3. The largest absolute Gasteiger partial charge is 0.507 e. The SMILES string of the molecule is COC(=O)c1ccc(N2C(=O)C(=O)/C(=C(\O)c3ccc(OC)c(C)c3)C2c2ccco2)cc1. The summed E-state index contributed by atoms with van der Waals surface area (Å²) in [5.74, 6) is -1.60. The van der Waals surface area contributed by atoms with Gasteiger partial charge in [0.25, 0.3) is 11.7 Å². The second-order valence-corrected chi connectivity index (χ2v) is 7.41. The number of ketones is 1. The third-order valence-electron chi connectivity index (χ3n) is 5.49. The number of rotatable bonds is 5. The first-order valence-corrected chi connectivity index (χ1v) is 10.0. The second kappa shape index (κ2) is 8.66. The lowest BCUT2D eigenvalue weighted by Crippen LogP contribution is -2.29. The molecule has 1 aliphatic heterocycles. The molecule has 1 atom stereocenters. The van der Waals surface area contributed by atoms with Gasteiger partial charge in [0, 0.05) is 11.3 Å². The number of furan rings is 1. The van der Waals surface area contributed by atoms with Crippen molar-refractivity contribution in [2.24, 2.45) is 0 Å². The molecule has 0 bridgehead atoms. The number of anilines is 1. The highest BCUT2D eigenvalue weighted by molar-refractivity contribution is 6.51. The summed E-state index contributed by atoms with van der Waals surface area (Å²) in [7, 11) is 2.81. The number of amides is 1. The van der Waals surface area contributed by atoms with Crippen molar-refractivity contribution >= 4 is 29.1 Å². The molecule has 0 spiro atoms. The highest BCUT2D eigenvalue weighted by Crippen LogP contribution is 2.42. The summed E-state index contributed by atoms with van der Waals surface area (Å²) < 4.78 is 15.5. The van der Waals surface area contributed by atoms with Crippen molar-refractivity contribution in [2.75, 3.05) is 19.1 Å². The Bertz CT molecular complexity index is 1260. The molecule has 3 aromatic rings. The number of benzene rings is 2. The van der Waals surface area contributed by atoms with Crippen molar-refractivity contribution in [3.8, 4) is 5.75 Å². The van der Waals surface area contributed by atoms with Crippen LogP contribution >= 0.6 is 0 Å². The minimum atomic E-state index is -0.994. The molecule has 1 unspecified atom stereocenters. The van der Waals surface area contributed by atoms with Gasteiger partial charge in [0.2, 0.25) is 0 Å². The zero-order chi connectivity index (χ0) is 23.7. The molecule has 1 amide bonds. The highest BCUT2D eigenvalue weighted by Gasteiger charge is 2.48. The Balaban J connectivity index is 1.85. The van der Waals surface area contributed by atoms with Crippen LogP contribution in [0.4, 0.5) is 5.69 Å². The standard InChI is InChI=1S/C25H21NO7/c1-14-13-16(8-11-18(14)31-2)22(27)20-21(19-5-4-12-33-19)26(24(29)23(20)28)17-9-6-15(7-10-17)25(30)32-3/h4-13,21,27H,1-3H3/b22-20-. The molecule has 0 radical (unpaired) electrons. The van der Waals surface area contributed by atoms with E-state index in [-0.39, 0.29) is 11.3 Å². The Morgan fingerprint density at radius 1 is 1.03 bits per heavy atom. The first-order chi connectivity index (χ1) is 15.9. The van der Waals surface area contributed by atoms with Gasteiger partial charge in [-0.05, 0) is 67.1 Å². The van der Waals surface area contributed by atoms with Gasteiger partial charge in [-0.3, -0.25) is 14.5 Å². The lowest BCUT2D eigenvalue weighted by molar-refractivity contribution is -0.132. The number of aryl methyl sites for hydroxylation is 1. The van der Waals surface area contributed by atoms with Crippen LogP contribution in [-0.2, 0) is 14.3 Å². The lowest BCUT2D eigenvalue weighted by atomic mass is 9.98. The zero-order valence-corrected chi connectivity index (χ0v) is 18.2. The fourth-order valence-corrected chi connectivity index (χ4v) is 3.87. The van der Waals surface area contributed by atoms with E-state index < -0.39 is 23.7 Å². The quantitative estimate of drug-likeness (QED) is 0.273. The smallest absolute Gasteiger partial charge is 0.337 e. The van der Waals surface area contributed by atoms with Gasteiger partial charge in [0.15, 0.2) is 0 Å². The number of esters is 1. The first-order valence-electron chi connectivity index (χ1n) is 10.0. The predicted octanol–water partition coefficient (Wildman–Crippen LogP) is 4.01. The predicted molar refractivity (Wildman–Crippen MR) is 119 cm³/mol. The maximum absolute atomic E-state index is 13.1. The number of ether oxygens (including phenoxy) is 2. The third kappa shape index (κ3) is 3.76. The Hall–Kier alpha value is -4.33. The van der Waals surface area contributed by atoms with Crippen LogP contribution in [0.3, 0.4) is 0 Å². The van der Waals surface area contributed by atoms with E-state index in [9.17, 15) is 19.5 Å². The summed E-state index contributed by atoms with van der Waals surface area (Å²) in [5, 5.41) is 11.1. The fourth-order valence-electron chi connectivity index (χ4n) is 3.87. The van der Waals surface area contributed by atoms with Gasteiger partial charge in [-0.2, -0.15) is 0 Å². The monoisotopic (exact) mass is 447 g/mol. The van der Waals surface area contributed by atoms with E-state index in [0.717, 1.165) is 5.56 Å². The van der Waals surface area contributed by atoms with Crippen molar-refractivity contribution in [3.63, 3.8) is 0 Å².